The van der Waals surface area contributed by atoms with Crippen LogP contribution in [-0.4, -0.2) is 30.1 Å². The monoisotopic (exact) mass is 296 g/mol. The van der Waals surface area contributed by atoms with E-state index in [9.17, 15) is 18.0 Å². The quantitative estimate of drug-likeness (QED) is 0.821. The van der Waals surface area contributed by atoms with Crippen LogP contribution in [0.4, 0.5) is 13.2 Å². The van der Waals surface area contributed by atoms with Gasteiger partial charge in [0.2, 0.25) is 0 Å². The number of nitrogens with zero attached hydrogens (tertiary/aromatic N) is 1. The molecular weight excluding hydrogens is 281 g/mol. The highest BCUT2D eigenvalue weighted by Crippen LogP contribution is 2.32. The molecule has 0 radical (unpaired) electrons. The van der Waals surface area contributed by atoms with Crippen LogP contribution >= 0.6 is 11.3 Å². The fraction of sp³-hybridized carbons (Fsp3) is 0.636. The van der Waals surface area contributed by atoms with Gasteiger partial charge in [0.25, 0.3) is 5.91 Å². The van der Waals surface area contributed by atoms with Gasteiger partial charge in [-0.25, -0.2) is 4.98 Å². The first-order chi connectivity index (χ1) is 8.82. The third kappa shape index (κ3) is 5.15. The minimum absolute atomic E-state index is 0.0917. The summed E-state index contributed by atoms with van der Waals surface area (Å²) in [5, 5.41) is 2.42. The normalized spacial score (nSPS) is 11.9. The molecule has 1 aromatic heterocycles. The molecule has 1 heterocycles. The van der Waals surface area contributed by atoms with Crippen molar-refractivity contribution < 1.29 is 22.7 Å². The van der Waals surface area contributed by atoms with Gasteiger partial charge in [-0.3, -0.25) is 4.79 Å². The number of ether oxygens (including phenoxy) is 1. The fourth-order valence-electron chi connectivity index (χ4n) is 1.28. The molecule has 0 aliphatic rings. The molecule has 1 amide bonds. The van der Waals surface area contributed by atoms with E-state index in [4.69, 9.17) is 4.74 Å². The molecule has 0 bridgehead atoms. The largest absolute Gasteiger partial charge is 0.434 e. The van der Waals surface area contributed by atoms with Gasteiger partial charge < -0.3 is 10.1 Å². The molecule has 0 saturated carbocycles. The predicted octanol–water partition coefficient (Wildman–Crippen LogP) is 2.71. The molecule has 0 aliphatic heterocycles. The highest BCUT2D eigenvalue weighted by Gasteiger charge is 2.38. The Balaban J connectivity index is 2.44. The van der Waals surface area contributed by atoms with E-state index in [1.54, 1.807) is 0 Å². The first-order valence-corrected chi connectivity index (χ1v) is 6.60. The average molecular weight is 296 g/mol. The first kappa shape index (κ1) is 15.9. The number of hydrogen-bond acceptors (Lipinski definition) is 4. The fourth-order valence-corrected chi connectivity index (χ4v) is 2.01. The Morgan fingerprint density at radius 2 is 2.21 bits per heavy atom. The summed E-state index contributed by atoms with van der Waals surface area (Å²) in [6.07, 6.45) is -3.97. The standard InChI is InChI=1S/C11H15F3N2O2S/c1-7(2)18-5-3-4-15-10(17)8-9(11(12,13)14)16-6-19-8/h6-7H,3-5H2,1-2H3,(H,15,17). The van der Waals surface area contributed by atoms with Gasteiger partial charge >= 0.3 is 6.18 Å². The summed E-state index contributed by atoms with van der Waals surface area (Å²) in [7, 11) is 0. The van der Waals surface area contributed by atoms with Gasteiger partial charge in [0.05, 0.1) is 11.6 Å². The number of carbonyl (C=O) groups excluding carboxylic acids is 1. The maximum Gasteiger partial charge on any atom is 0.434 e. The molecule has 19 heavy (non-hydrogen) atoms. The topological polar surface area (TPSA) is 51.2 Å². The summed E-state index contributed by atoms with van der Waals surface area (Å²) in [5.41, 5.74) is -0.118. The zero-order valence-electron chi connectivity index (χ0n) is 10.6. The van der Waals surface area contributed by atoms with E-state index in [0.717, 1.165) is 5.51 Å². The molecule has 1 N–H and O–H groups in total. The van der Waals surface area contributed by atoms with Crippen molar-refractivity contribution in [2.45, 2.75) is 32.5 Å². The Hall–Kier alpha value is -1.15. The number of carbonyl (C=O) groups is 1. The van der Waals surface area contributed by atoms with Gasteiger partial charge in [-0.1, -0.05) is 0 Å². The van der Waals surface area contributed by atoms with E-state index in [1.165, 1.54) is 0 Å². The number of rotatable bonds is 6. The Kier molecular flexibility index (Phi) is 5.74. The highest BCUT2D eigenvalue weighted by atomic mass is 32.1. The van der Waals surface area contributed by atoms with E-state index in [0.29, 0.717) is 24.4 Å². The van der Waals surface area contributed by atoms with Crippen LogP contribution in [0.3, 0.4) is 0 Å². The molecule has 0 fully saturated rings. The summed E-state index contributed by atoms with van der Waals surface area (Å²) >= 11 is 0.679. The predicted molar refractivity (Wildman–Crippen MR) is 65.2 cm³/mol. The van der Waals surface area contributed by atoms with Crippen LogP contribution in [0.25, 0.3) is 0 Å². The second-order valence-electron chi connectivity index (χ2n) is 4.06. The van der Waals surface area contributed by atoms with Gasteiger partial charge in [0.1, 0.15) is 4.88 Å². The minimum Gasteiger partial charge on any atom is -0.379 e. The van der Waals surface area contributed by atoms with Crippen molar-refractivity contribution in [1.82, 2.24) is 10.3 Å². The Morgan fingerprint density at radius 1 is 1.53 bits per heavy atom. The SMILES string of the molecule is CC(C)OCCCNC(=O)c1scnc1C(F)(F)F. The molecule has 8 heteroatoms. The van der Waals surface area contributed by atoms with E-state index < -0.39 is 22.7 Å². The average Bonchev–Trinajstić information content (AvgIpc) is 2.76. The van der Waals surface area contributed by atoms with Crippen LogP contribution in [0, 0.1) is 0 Å². The highest BCUT2D eigenvalue weighted by molar-refractivity contribution is 7.11. The summed E-state index contributed by atoms with van der Waals surface area (Å²) in [6.45, 7) is 4.48. The molecule has 108 valence electrons. The number of amides is 1. The Morgan fingerprint density at radius 3 is 2.79 bits per heavy atom. The van der Waals surface area contributed by atoms with Crippen molar-refractivity contribution >= 4 is 17.2 Å². The van der Waals surface area contributed by atoms with Gasteiger partial charge in [0.15, 0.2) is 5.69 Å². The number of aromatic nitrogens is 1. The van der Waals surface area contributed by atoms with E-state index in [-0.39, 0.29) is 12.6 Å². The molecule has 0 spiro atoms. The van der Waals surface area contributed by atoms with Crippen LogP contribution in [-0.2, 0) is 10.9 Å². The molecule has 1 rings (SSSR count). The molecule has 0 aliphatic carbocycles. The van der Waals surface area contributed by atoms with Crippen molar-refractivity contribution in [3.63, 3.8) is 0 Å². The van der Waals surface area contributed by atoms with Crippen LogP contribution in [0.2, 0.25) is 0 Å². The van der Waals surface area contributed by atoms with E-state index in [1.807, 2.05) is 13.8 Å². The Bertz CT molecular complexity index is 418. The van der Waals surface area contributed by atoms with E-state index >= 15 is 0 Å². The van der Waals surface area contributed by atoms with Crippen LogP contribution in [0.5, 0.6) is 0 Å². The number of thiazole rings is 1. The molecule has 0 saturated heterocycles. The maximum atomic E-state index is 12.5. The third-order valence-electron chi connectivity index (χ3n) is 2.10. The maximum absolute atomic E-state index is 12.5. The van der Waals surface area contributed by atoms with Crippen LogP contribution in [0.15, 0.2) is 5.51 Å². The molecule has 0 atom stereocenters. The Labute approximate surface area is 113 Å². The van der Waals surface area contributed by atoms with Crippen molar-refractivity contribution in [1.29, 1.82) is 0 Å². The lowest BCUT2D eigenvalue weighted by atomic mass is 10.3. The lowest BCUT2D eigenvalue weighted by molar-refractivity contribution is -0.141. The zero-order chi connectivity index (χ0) is 14.5. The summed E-state index contributed by atoms with van der Waals surface area (Å²) in [5.74, 6) is -0.751. The summed E-state index contributed by atoms with van der Waals surface area (Å²) in [4.78, 5) is 14.4. The molecule has 1 aromatic rings. The molecule has 0 unspecified atom stereocenters. The number of hydrogen-bond donors (Lipinski definition) is 1. The van der Waals surface area contributed by atoms with Gasteiger partial charge in [0, 0.05) is 13.2 Å². The van der Waals surface area contributed by atoms with Gasteiger partial charge in [-0.15, -0.1) is 11.3 Å². The van der Waals surface area contributed by atoms with E-state index in [2.05, 4.69) is 10.3 Å². The van der Waals surface area contributed by atoms with Crippen molar-refractivity contribution in [2.75, 3.05) is 13.2 Å². The third-order valence-corrected chi connectivity index (χ3v) is 2.93. The lowest BCUT2D eigenvalue weighted by Gasteiger charge is -2.09. The molecule has 4 nitrogen and oxygen atoms in total. The van der Waals surface area contributed by atoms with Gasteiger partial charge in [-0.2, -0.15) is 13.2 Å². The van der Waals surface area contributed by atoms with Gasteiger partial charge in [-0.05, 0) is 20.3 Å². The smallest absolute Gasteiger partial charge is 0.379 e. The van der Waals surface area contributed by atoms with Crippen molar-refractivity contribution in [2.24, 2.45) is 0 Å². The second kappa shape index (κ2) is 6.85. The lowest BCUT2D eigenvalue weighted by Crippen LogP contribution is -2.27. The molecular formula is C11H15F3N2O2S. The summed E-state index contributed by atoms with van der Waals surface area (Å²) < 4.78 is 42.8. The number of halogens is 3. The summed E-state index contributed by atoms with van der Waals surface area (Å²) in [6, 6.07) is 0. The zero-order valence-corrected chi connectivity index (χ0v) is 11.4. The number of alkyl halides is 3. The van der Waals surface area contributed by atoms with Crippen LogP contribution in [0.1, 0.15) is 35.6 Å². The minimum atomic E-state index is -4.60. The first-order valence-electron chi connectivity index (χ1n) is 5.73. The van der Waals surface area contributed by atoms with Crippen molar-refractivity contribution in [3.8, 4) is 0 Å². The molecule has 0 aromatic carbocycles. The van der Waals surface area contributed by atoms with Crippen LogP contribution < -0.4 is 5.32 Å². The van der Waals surface area contributed by atoms with Crippen molar-refractivity contribution in [3.05, 3.63) is 16.1 Å². The second-order valence-corrected chi connectivity index (χ2v) is 4.91. The number of nitrogens with one attached hydrogen (secondary N) is 1.